The highest BCUT2D eigenvalue weighted by Crippen LogP contribution is 2.36. The number of hydrogen-bond donors (Lipinski definition) is 1. The summed E-state index contributed by atoms with van der Waals surface area (Å²) in [5, 5.41) is 0. The fourth-order valence-corrected chi connectivity index (χ4v) is 1.58. The Balaban J connectivity index is 1.91. The van der Waals surface area contributed by atoms with E-state index in [1.807, 2.05) is 12.3 Å². The van der Waals surface area contributed by atoms with Crippen LogP contribution in [0.3, 0.4) is 0 Å². The van der Waals surface area contributed by atoms with Crippen molar-refractivity contribution in [1.82, 2.24) is 4.98 Å². The normalized spacial score (nSPS) is 18.6. The lowest BCUT2D eigenvalue weighted by atomic mass is 10.1. The average molecular weight is 241 g/mol. The highest BCUT2D eigenvalue weighted by molar-refractivity contribution is 9.10. The van der Waals surface area contributed by atoms with Crippen LogP contribution in [0.5, 0.6) is 0 Å². The molecule has 2 nitrogen and oxygen atoms in total. The van der Waals surface area contributed by atoms with Gasteiger partial charge in [0.2, 0.25) is 0 Å². The minimum atomic E-state index is 0.148. The van der Waals surface area contributed by atoms with Crippen molar-refractivity contribution in [2.24, 2.45) is 5.73 Å². The van der Waals surface area contributed by atoms with Crippen molar-refractivity contribution in [3.05, 3.63) is 28.5 Å². The molecule has 2 rings (SSSR count). The molecular weight excluding hydrogens is 228 g/mol. The van der Waals surface area contributed by atoms with Gasteiger partial charge in [0.1, 0.15) is 0 Å². The maximum atomic E-state index is 5.99. The monoisotopic (exact) mass is 240 g/mol. The largest absolute Gasteiger partial charge is 0.325 e. The van der Waals surface area contributed by atoms with Gasteiger partial charge in [-0.1, -0.05) is 0 Å². The first-order valence-corrected chi connectivity index (χ1v) is 5.37. The number of hydrogen-bond acceptors (Lipinski definition) is 2. The molecule has 1 saturated carbocycles. The zero-order valence-electron chi connectivity index (χ0n) is 7.46. The second-order valence-corrected chi connectivity index (χ2v) is 4.75. The molecule has 1 heterocycles. The van der Waals surface area contributed by atoms with Crippen molar-refractivity contribution in [1.29, 1.82) is 0 Å². The minimum Gasteiger partial charge on any atom is -0.325 e. The molecule has 0 bridgehead atoms. The van der Waals surface area contributed by atoms with Crippen LogP contribution in [-0.4, -0.2) is 10.5 Å². The molecular formula is C10H13BrN2. The summed E-state index contributed by atoms with van der Waals surface area (Å²) < 4.78 is 1.03. The predicted molar refractivity (Wildman–Crippen MR) is 56.4 cm³/mol. The number of rotatable bonds is 3. The van der Waals surface area contributed by atoms with Gasteiger partial charge in [-0.25, -0.2) is 0 Å². The van der Waals surface area contributed by atoms with E-state index in [9.17, 15) is 0 Å². The Morgan fingerprint density at radius 3 is 2.77 bits per heavy atom. The van der Waals surface area contributed by atoms with Crippen molar-refractivity contribution < 1.29 is 0 Å². The molecule has 1 aliphatic rings. The summed E-state index contributed by atoms with van der Waals surface area (Å²) in [5.74, 6) is 0. The Bertz CT molecular complexity index is 290. The Morgan fingerprint density at radius 2 is 2.23 bits per heavy atom. The SMILES string of the molecule is NC1(CCc2ccc(Br)cn2)CC1. The van der Waals surface area contributed by atoms with Gasteiger partial charge in [0, 0.05) is 21.9 Å². The van der Waals surface area contributed by atoms with Crippen LogP contribution in [0.25, 0.3) is 0 Å². The first-order valence-electron chi connectivity index (χ1n) is 4.57. The van der Waals surface area contributed by atoms with E-state index in [1.54, 1.807) is 0 Å². The molecule has 1 aromatic rings. The Labute approximate surface area is 86.7 Å². The molecule has 0 aliphatic heterocycles. The third-order valence-corrected chi connectivity index (χ3v) is 3.03. The lowest BCUT2D eigenvalue weighted by molar-refractivity contribution is 0.603. The molecule has 13 heavy (non-hydrogen) atoms. The average Bonchev–Trinajstić information content (AvgIpc) is 2.84. The third kappa shape index (κ3) is 2.51. The van der Waals surface area contributed by atoms with Gasteiger partial charge in [0.15, 0.2) is 0 Å². The van der Waals surface area contributed by atoms with Crippen LogP contribution in [0.1, 0.15) is 25.0 Å². The first kappa shape index (κ1) is 9.16. The van der Waals surface area contributed by atoms with Gasteiger partial charge in [0.25, 0.3) is 0 Å². The van der Waals surface area contributed by atoms with Crippen molar-refractivity contribution in [2.75, 3.05) is 0 Å². The van der Waals surface area contributed by atoms with E-state index in [4.69, 9.17) is 5.73 Å². The van der Waals surface area contributed by atoms with Crippen LogP contribution in [0, 0.1) is 0 Å². The van der Waals surface area contributed by atoms with Gasteiger partial charge in [-0.05, 0) is 53.7 Å². The lowest BCUT2D eigenvalue weighted by Gasteiger charge is -2.06. The van der Waals surface area contributed by atoms with Crippen LogP contribution in [-0.2, 0) is 6.42 Å². The third-order valence-electron chi connectivity index (χ3n) is 2.56. The van der Waals surface area contributed by atoms with Crippen molar-refractivity contribution >= 4 is 15.9 Å². The fraction of sp³-hybridized carbons (Fsp3) is 0.500. The molecule has 0 aromatic carbocycles. The van der Waals surface area contributed by atoms with Crippen molar-refractivity contribution in [3.8, 4) is 0 Å². The molecule has 0 unspecified atom stereocenters. The summed E-state index contributed by atoms with van der Waals surface area (Å²) >= 11 is 3.36. The summed E-state index contributed by atoms with van der Waals surface area (Å²) in [5.41, 5.74) is 7.27. The van der Waals surface area contributed by atoms with Crippen LogP contribution in [0.2, 0.25) is 0 Å². The van der Waals surface area contributed by atoms with Gasteiger partial charge in [-0.3, -0.25) is 4.98 Å². The second kappa shape index (κ2) is 3.39. The molecule has 0 radical (unpaired) electrons. The summed E-state index contributed by atoms with van der Waals surface area (Å²) in [7, 11) is 0. The topological polar surface area (TPSA) is 38.9 Å². The molecule has 0 saturated heterocycles. The zero-order chi connectivity index (χ0) is 9.31. The van der Waals surface area contributed by atoms with E-state index >= 15 is 0 Å². The summed E-state index contributed by atoms with van der Waals surface area (Å²) in [6.07, 6.45) is 6.28. The number of halogens is 1. The fourth-order valence-electron chi connectivity index (χ4n) is 1.34. The van der Waals surface area contributed by atoms with E-state index in [2.05, 4.69) is 27.0 Å². The first-order chi connectivity index (χ1) is 6.18. The molecule has 1 fully saturated rings. The quantitative estimate of drug-likeness (QED) is 0.881. The second-order valence-electron chi connectivity index (χ2n) is 3.83. The Morgan fingerprint density at radius 1 is 1.46 bits per heavy atom. The maximum absolute atomic E-state index is 5.99. The van der Waals surface area contributed by atoms with E-state index in [-0.39, 0.29) is 5.54 Å². The molecule has 0 spiro atoms. The molecule has 1 aliphatic carbocycles. The van der Waals surface area contributed by atoms with Crippen LogP contribution in [0.15, 0.2) is 22.8 Å². The molecule has 0 amide bonds. The van der Waals surface area contributed by atoms with Gasteiger partial charge < -0.3 is 5.73 Å². The van der Waals surface area contributed by atoms with E-state index < -0.39 is 0 Å². The van der Waals surface area contributed by atoms with E-state index in [0.29, 0.717) is 0 Å². The summed E-state index contributed by atoms with van der Waals surface area (Å²) in [4.78, 5) is 4.31. The Hall–Kier alpha value is -0.410. The van der Waals surface area contributed by atoms with Gasteiger partial charge in [-0.15, -0.1) is 0 Å². The Kier molecular flexibility index (Phi) is 2.39. The number of nitrogens with two attached hydrogens (primary N) is 1. The van der Waals surface area contributed by atoms with E-state index in [0.717, 1.165) is 23.0 Å². The minimum absolute atomic E-state index is 0.148. The molecule has 1 aromatic heterocycles. The summed E-state index contributed by atoms with van der Waals surface area (Å²) in [6.45, 7) is 0. The van der Waals surface area contributed by atoms with E-state index in [1.165, 1.54) is 12.8 Å². The number of nitrogens with zero attached hydrogens (tertiary/aromatic N) is 1. The van der Waals surface area contributed by atoms with Gasteiger partial charge >= 0.3 is 0 Å². The van der Waals surface area contributed by atoms with Gasteiger partial charge in [-0.2, -0.15) is 0 Å². The summed E-state index contributed by atoms with van der Waals surface area (Å²) in [6, 6.07) is 4.08. The smallest absolute Gasteiger partial charge is 0.0413 e. The van der Waals surface area contributed by atoms with Crippen LogP contribution < -0.4 is 5.73 Å². The molecule has 3 heteroatoms. The number of pyridine rings is 1. The number of aromatic nitrogens is 1. The molecule has 2 N–H and O–H groups in total. The van der Waals surface area contributed by atoms with Crippen molar-refractivity contribution in [2.45, 2.75) is 31.2 Å². The highest BCUT2D eigenvalue weighted by Gasteiger charge is 2.37. The predicted octanol–water partition coefficient (Wildman–Crippen LogP) is 2.27. The van der Waals surface area contributed by atoms with Gasteiger partial charge in [0.05, 0.1) is 0 Å². The maximum Gasteiger partial charge on any atom is 0.0413 e. The number of aryl methyl sites for hydroxylation is 1. The standard InChI is InChI=1S/C10H13BrN2/c11-8-1-2-9(13-7-8)3-4-10(12)5-6-10/h1-2,7H,3-6,12H2. The van der Waals surface area contributed by atoms with Crippen molar-refractivity contribution in [3.63, 3.8) is 0 Å². The zero-order valence-corrected chi connectivity index (χ0v) is 9.05. The van der Waals surface area contributed by atoms with Crippen LogP contribution >= 0.6 is 15.9 Å². The molecule has 70 valence electrons. The lowest BCUT2D eigenvalue weighted by Crippen LogP contribution is -2.22. The highest BCUT2D eigenvalue weighted by atomic mass is 79.9. The molecule has 0 atom stereocenters. The van der Waals surface area contributed by atoms with Crippen LogP contribution in [0.4, 0.5) is 0 Å².